The summed E-state index contributed by atoms with van der Waals surface area (Å²) in [7, 11) is 0. The van der Waals surface area contributed by atoms with Crippen LogP contribution in [0.5, 0.6) is 0 Å². The molecule has 1 aliphatic heterocycles. The monoisotopic (exact) mass is 431 g/mol. The molecule has 5 aliphatic rings. The average Bonchev–Trinajstić information content (AvgIpc) is 3.19. The topological polar surface area (TPSA) is 111 Å². The fourth-order valence-electron chi connectivity index (χ4n) is 6.70. The fraction of sp³-hybridized carbons (Fsp3) is 0.762. The second-order valence-corrected chi connectivity index (χ2v) is 9.68. The quantitative estimate of drug-likeness (QED) is 0.535. The number of ether oxygens (including phenoxy) is 1. The molecule has 1 saturated heterocycles. The Morgan fingerprint density at radius 2 is 1.65 bits per heavy atom. The maximum atomic E-state index is 13.2. The SMILES string of the molecule is CCOC(=O)N1CCN(C(=O)c2nn(C34CC5CC(CC(C5)C3)C4)cc2[N+](=O)[O-])CC1. The molecule has 2 heterocycles. The van der Waals surface area contributed by atoms with Crippen LogP contribution in [0.3, 0.4) is 0 Å². The summed E-state index contributed by atoms with van der Waals surface area (Å²) >= 11 is 0. The average molecular weight is 431 g/mol. The van der Waals surface area contributed by atoms with E-state index in [-0.39, 0.29) is 16.9 Å². The molecule has 4 saturated carbocycles. The zero-order valence-corrected chi connectivity index (χ0v) is 17.9. The van der Waals surface area contributed by atoms with Crippen LogP contribution in [0.15, 0.2) is 6.20 Å². The fourth-order valence-corrected chi connectivity index (χ4v) is 6.70. The first-order chi connectivity index (χ1) is 14.9. The number of nitro groups is 1. The Bertz CT molecular complexity index is 869. The summed E-state index contributed by atoms with van der Waals surface area (Å²) in [5.41, 5.74) is -0.473. The molecule has 0 radical (unpaired) electrons. The van der Waals surface area contributed by atoms with Crippen molar-refractivity contribution in [3.05, 3.63) is 22.0 Å². The minimum Gasteiger partial charge on any atom is -0.450 e. The molecule has 0 N–H and O–H groups in total. The molecule has 5 fully saturated rings. The van der Waals surface area contributed by atoms with Crippen LogP contribution < -0.4 is 0 Å². The standard InChI is InChI=1S/C21H29N5O5/c1-2-31-20(28)24-5-3-23(4-6-24)19(27)18-17(26(29)30)13-25(22-18)21-10-14-7-15(11-21)9-16(8-14)12-21/h13-16H,2-12H2,1H3. The smallest absolute Gasteiger partial charge is 0.409 e. The first-order valence-electron chi connectivity index (χ1n) is 11.3. The lowest BCUT2D eigenvalue weighted by molar-refractivity contribution is -0.385. The Balaban J connectivity index is 1.37. The van der Waals surface area contributed by atoms with Crippen molar-refractivity contribution in [1.82, 2.24) is 19.6 Å². The van der Waals surface area contributed by atoms with Crippen LogP contribution in [0.25, 0.3) is 0 Å². The van der Waals surface area contributed by atoms with Crippen LogP contribution in [0, 0.1) is 27.9 Å². The second-order valence-electron chi connectivity index (χ2n) is 9.68. The third kappa shape index (κ3) is 3.45. The Labute approximate surface area is 180 Å². The van der Waals surface area contributed by atoms with Crippen molar-refractivity contribution >= 4 is 17.7 Å². The van der Waals surface area contributed by atoms with E-state index in [0.29, 0.717) is 50.5 Å². The van der Waals surface area contributed by atoms with Gasteiger partial charge in [-0.25, -0.2) is 4.79 Å². The number of carbonyl (C=O) groups is 2. The number of hydrogen-bond acceptors (Lipinski definition) is 6. The van der Waals surface area contributed by atoms with Crippen molar-refractivity contribution in [2.24, 2.45) is 17.8 Å². The van der Waals surface area contributed by atoms with Crippen LogP contribution in [0.1, 0.15) is 55.9 Å². The summed E-state index contributed by atoms with van der Waals surface area (Å²) < 4.78 is 6.79. The third-order valence-electron chi connectivity index (χ3n) is 7.68. The predicted molar refractivity (Wildman–Crippen MR) is 110 cm³/mol. The van der Waals surface area contributed by atoms with Gasteiger partial charge in [-0.3, -0.25) is 19.6 Å². The molecular weight excluding hydrogens is 402 g/mol. The van der Waals surface area contributed by atoms with Gasteiger partial charge in [0.1, 0.15) is 6.20 Å². The summed E-state index contributed by atoms with van der Waals surface area (Å²) in [5, 5.41) is 16.3. The van der Waals surface area contributed by atoms with Gasteiger partial charge in [-0.2, -0.15) is 5.10 Å². The highest BCUT2D eigenvalue weighted by Crippen LogP contribution is 2.58. The highest BCUT2D eigenvalue weighted by Gasteiger charge is 2.53. The first kappa shape index (κ1) is 20.3. The Kier molecular flexibility index (Phi) is 4.90. The van der Waals surface area contributed by atoms with E-state index in [0.717, 1.165) is 19.3 Å². The van der Waals surface area contributed by atoms with Gasteiger partial charge in [-0.05, 0) is 63.2 Å². The van der Waals surface area contributed by atoms with Gasteiger partial charge in [-0.1, -0.05) is 0 Å². The summed E-state index contributed by atoms with van der Waals surface area (Å²) in [6.45, 7) is 3.34. The van der Waals surface area contributed by atoms with E-state index in [2.05, 4.69) is 5.10 Å². The summed E-state index contributed by atoms with van der Waals surface area (Å²) in [5.74, 6) is 1.58. The first-order valence-corrected chi connectivity index (χ1v) is 11.3. The van der Waals surface area contributed by atoms with Crippen molar-refractivity contribution < 1.29 is 19.2 Å². The molecule has 6 rings (SSSR count). The minimum atomic E-state index is -0.494. The van der Waals surface area contributed by atoms with E-state index in [1.807, 2.05) is 0 Å². The lowest BCUT2D eigenvalue weighted by atomic mass is 9.53. The Hall–Kier alpha value is -2.65. The molecular formula is C21H29N5O5. The van der Waals surface area contributed by atoms with Gasteiger partial charge < -0.3 is 14.5 Å². The number of amides is 2. The van der Waals surface area contributed by atoms with Crippen LogP contribution in [0.2, 0.25) is 0 Å². The predicted octanol–water partition coefficient (Wildman–Crippen LogP) is 2.63. The highest BCUT2D eigenvalue weighted by atomic mass is 16.6. The lowest BCUT2D eigenvalue weighted by Crippen LogP contribution is -2.52. The van der Waals surface area contributed by atoms with Crippen LogP contribution in [-0.4, -0.2) is 69.3 Å². The van der Waals surface area contributed by atoms with Gasteiger partial charge in [0.15, 0.2) is 0 Å². The molecule has 168 valence electrons. The summed E-state index contributed by atoms with van der Waals surface area (Å²) in [6.07, 6.45) is 7.90. The number of rotatable bonds is 4. The minimum absolute atomic E-state index is 0.0784. The van der Waals surface area contributed by atoms with E-state index in [1.54, 1.807) is 21.4 Å². The van der Waals surface area contributed by atoms with E-state index in [4.69, 9.17) is 4.74 Å². The van der Waals surface area contributed by atoms with Crippen LogP contribution in [-0.2, 0) is 10.3 Å². The van der Waals surface area contributed by atoms with Crippen molar-refractivity contribution in [1.29, 1.82) is 0 Å². The zero-order valence-electron chi connectivity index (χ0n) is 17.9. The molecule has 0 unspecified atom stereocenters. The third-order valence-corrected chi connectivity index (χ3v) is 7.68. The molecule has 0 spiro atoms. The number of carbonyl (C=O) groups excluding carboxylic acids is 2. The largest absolute Gasteiger partial charge is 0.450 e. The van der Waals surface area contributed by atoms with Gasteiger partial charge in [-0.15, -0.1) is 0 Å². The molecule has 1 aromatic rings. The van der Waals surface area contributed by atoms with Crippen molar-refractivity contribution in [3.63, 3.8) is 0 Å². The summed E-state index contributed by atoms with van der Waals surface area (Å²) in [4.78, 5) is 39.5. The van der Waals surface area contributed by atoms with Crippen molar-refractivity contribution in [2.45, 2.75) is 51.0 Å². The van der Waals surface area contributed by atoms with E-state index >= 15 is 0 Å². The van der Waals surface area contributed by atoms with E-state index < -0.39 is 16.9 Å². The number of piperazine rings is 1. The molecule has 10 nitrogen and oxygen atoms in total. The summed E-state index contributed by atoms with van der Waals surface area (Å²) in [6, 6.07) is 0. The maximum Gasteiger partial charge on any atom is 0.409 e. The van der Waals surface area contributed by atoms with E-state index in [1.165, 1.54) is 25.5 Å². The normalized spacial score (nSPS) is 31.7. The maximum absolute atomic E-state index is 13.2. The Morgan fingerprint density at radius 3 is 2.16 bits per heavy atom. The molecule has 0 atom stereocenters. The molecule has 31 heavy (non-hydrogen) atoms. The number of nitrogens with zero attached hydrogens (tertiary/aromatic N) is 5. The van der Waals surface area contributed by atoms with Gasteiger partial charge in [0.05, 0.1) is 17.1 Å². The molecule has 10 heteroatoms. The number of aromatic nitrogens is 2. The molecule has 2 amide bonds. The highest BCUT2D eigenvalue weighted by molar-refractivity contribution is 5.96. The molecule has 4 aliphatic carbocycles. The van der Waals surface area contributed by atoms with Crippen molar-refractivity contribution in [3.8, 4) is 0 Å². The Morgan fingerprint density at radius 1 is 1.10 bits per heavy atom. The number of hydrogen-bond donors (Lipinski definition) is 0. The molecule has 4 bridgehead atoms. The van der Waals surface area contributed by atoms with Crippen molar-refractivity contribution in [2.75, 3.05) is 32.8 Å². The second kappa shape index (κ2) is 7.49. The molecule has 0 aromatic carbocycles. The van der Waals surface area contributed by atoms with Gasteiger partial charge in [0.25, 0.3) is 5.91 Å². The van der Waals surface area contributed by atoms with Gasteiger partial charge in [0, 0.05) is 26.2 Å². The van der Waals surface area contributed by atoms with E-state index in [9.17, 15) is 19.7 Å². The van der Waals surface area contributed by atoms with Gasteiger partial charge >= 0.3 is 11.8 Å². The van der Waals surface area contributed by atoms with Crippen LogP contribution in [0.4, 0.5) is 10.5 Å². The molecule has 1 aromatic heterocycles. The lowest BCUT2D eigenvalue weighted by Gasteiger charge is -2.56. The zero-order chi connectivity index (χ0) is 21.8. The van der Waals surface area contributed by atoms with Gasteiger partial charge in [0.2, 0.25) is 5.69 Å². The van der Waals surface area contributed by atoms with Crippen LogP contribution >= 0.6 is 0 Å².